The topological polar surface area (TPSA) is 12.0 Å². The Balaban J connectivity index is 1.74. The first-order chi connectivity index (χ1) is 9.53. The minimum atomic E-state index is -0.128. The lowest BCUT2D eigenvalue weighted by Gasteiger charge is -2.41. The summed E-state index contributed by atoms with van der Waals surface area (Å²) in [4.78, 5) is 0. The van der Waals surface area contributed by atoms with E-state index in [4.69, 9.17) is 0 Å². The molecule has 0 radical (unpaired) electrons. The number of halogens is 1. The second-order valence-electron chi connectivity index (χ2n) is 7.51. The molecule has 2 unspecified atom stereocenters. The quantitative estimate of drug-likeness (QED) is 0.854. The number of benzene rings is 1. The summed E-state index contributed by atoms with van der Waals surface area (Å²) in [6.07, 6.45) is 6.50. The highest BCUT2D eigenvalue weighted by Crippen LogP contribution is 2.46. The maximum absolute atomic E-state index is 13.2. The Morgan fingerprint density at radius 3 is 2.50 bits per heavy atom. The third kappa shape index (κ3) is 3.41. The van der Waals surface area contributed by atoms with E-state index in [1.165, 1.54) is 37.7 Å². The standard InChI is InChI=1S/C18H26FN/c1-18(2)10-9-14(12-20-16-7-8-16)17(11-18)13-3-5-15(19)6-4-13/h3-6,14,16-17,20H,7-12H2,1-2H3. The van der Waals surface area contributed by atoms with Gasteiger partial charge in [0, 0.05) is 6.04 Å². The fraction of sp³-hybridized carbons (Fsp3) is 0.667. The van der Waals surface area contributed by atoms with E-state index in [1.807, 2.05) is 12.1 Å². The normalized spacial score (nSPS) is 29.4. The van der Waals surface area contributed by atoms with Crippen molar-refractivity contribution in [2.75, 3.05) is 6.54 Å². The largest absolute Gasteiger partial charge is 0.314 e. The Morgan fingerprint density at radius 1 is 1.15 bits per heavy atom. The zero-order chi connectivity index (χ0) is 14.2. The van der Waals surface area contributed by atoms with Crippen LogP contribution in [0.3, 0.4) is 0 Å². The average Bonchev–Trinajstić information content (AvgIpc) is 3.22. The predicted molar refractivity (Wildman–Crippen MR) is 81.3 cm³/mol. The molecule has 0 bridgehead atoms. The first-order valence-electron chi connectivity index (χ1n) is 8.02. The summed E-state index contributed by atoms with van der Waals surface area (Å²) in [5.41, 5.74) is 1.73. The molecule has 2 saturated carbocycles. The van der Waals surface area contributed by atoms with Crippen LogP contribution in [0.4, 0.5) is 4.39 Å². The van der Waals surface area contributed by atoms with Crippen molar-refractivity contribution in [3.63, 3.8) is 0 Å². The summed E-state index contributed by atoms with van der Waals surface area (Å²) in [5.74, 6) is 1.15. The van der Waals surface area contributed by atoms with E-state index in [2.05, 4.69) is 19.2 Å². The van der Waals surface area contributed by atoms with Gasteiger partial charge >= 0.3 is 0 Å². The molecular formula is C18H26FN. The second-order valence-corrected chi connectivity index (χ2v) is 7.51. The molecule has 0 spiro atoms. The SMILES string of the molecule is CC1(C)CCC(CNC2CC2)C(c2ccc(F)cc2)C1. The molecule has 2 atom stereocenters. The van der Waals surface area contributed by atoms with E-state index in [1.54, 1.807) is 12.1 Å². The lowest BCUT2D eigenvalue weighted by Crippen LogP contribution is -2.35. The van der Waals surface area contributed by atoms with Gasteiger partial charge in [-0.05, 0) is 73.6 Å². The summed E-state index contributed by atoms with van der Waals surface area (Å²) in [7, 11) is 0. The fourth-order valence-corrected chi connectivity index (χ4v) is 3.59. The molecule has 1 nitrogen and oxygen atoms in total. The highest BCUT2D eigenvalue weighted by atomic mass is 19.1. The molecule has 0 aliphatic heterocycles. The minimum absolute atomic E-state index is 0.128. The molecule has 0 heterocycles. The van der Waals surface area contributed by atoms with Gasteiger partial charge in [0.15, 0.2) is 0 Å². The second kappa shape index (κ2) is 5.48. The monoisotopic (exact) mass is 275 g/mol. The van der Waals surface area contributed by atoms with Crippen LogP contribution in [0.15, 0.2) is 24.3 Å². The predicted octanol–water partition coefficient (Wildman–Crippen LogP) is 4.49. The fourth-order valence-electron chi connectivity index (χ4n) is 3.59. The maximum Gasteiger partial charge on any atom is 0.123 e. The Labute approximate surface area is 122 Å². The van der Waals surface area contributed by atoms with Crippen molar-refractivity contribution in [1.29, 1.82) is 0 Å². The molecule has 20 heavy (non-hydrogen) atoms. The molecule has 0 saturated heterocycles. The van der Waals surface area contributed by atoms with Crippen LogP contribution in [0.25, 0.3) is 0 Å². The molecule has 0 amide bonds. The average molecular weight is 275 g/mol. The van der Waals surface area contributed by atoms with Crippen molar-refractivity contribution in [1.82, 2.24) is 5.32 Å². The maximum atomic E-state index is 13.2. The minimum Gasteiger partial charge on any atom is -0.314 e. The molecule has 3 rings (SSSR count). The van der Waals surface area contributed by atoms with Gasteiger partial charge in [-0.2, -0.15) is 0 Å². The molecule has 1 N–H and O–H groups in total. The Kier molecular flexibility index (Phi) is 3.85. The molecule has 1 aromatic rings. The van der Waals surface area contributed by atoms with E-state index in [0.29, 0.717) is 17.3 Å². The van der Waals surface area contributed by atoms with Gasteiger partial charge in [-0.25, -0.2) is 4.39 Å². The molecular weight excluding hydrogens is 249 g/mol. The third-order valence-electron chi connectivity index (χ3n) is 5.08. The van der Waals surface area contributed by atoms with Gasteiger partial charge < -0.3 is 5.32 Å². The van der Waals surface area contributed by atoms with E-state index in [-0.39, 0.29) is 5.82 Å². The van der Waals surface area contributed by atoms with Crippen molar-refractivity contribution in [3.8, 4) is 0 Å². The van der Waals surface area contributed by atoms with Crippen molar-refractivity contribution in [2.45, 2.75) is 57.9 Å². The van der Waals surface area contributed by atoms with E-state index in [0.717, 1.165) is 12.6 Å². The van der Waals surface area contributed by atoms with Gasteiger partial charge in [0.05, 0.1) is 0 Å². The summed E-state index contributed by atoms with van der Waals surface area (Å²) >= 11 is 0. The van der Waals surface area contributed by atoms with Crippen LogP contribution < -0.4 is 5.32 Å². The summed E-state index contributed by atoms with van der Waals surface area (Å²) in [6.45, 7) is 5.87. The number of hydrogen-bond acceptors (Lipinski definition) is 1. The molecule has 2 aliphatic carbocycles. The lowest BCUT2D eigenvalue weighted by atomic mass is 9.65. The van der Waals surface area contributed by atoms with E-state index >= 15 is 0 Å². The van der Waals surface area contributed by atoms with Crippen LogP contribution in [-0.2, 0) is 0 Å². The van der Waals surface area contributed by atoms with Crippen LogP contribution in [0, 0.1) is 17.2 Å². The Hall–Kier alpha value is -0.890. The molecule has 2 aliphatic rings. The Bertz CT molecular complexity index is 445. The lowest BCUT2D eigenvalue weighted by molar-refractivity contribution is 0.159. The zero-order valence-corrected chi connectivity index (χ0v) is 12.7. The van der Waals surface area contributed by atoms with Crippen molar-refractivity contribution in [2.24, 2.45) is 11.3 Å². The summed E-state index contributed by atoms with van der Waals surface area (Å²) in [5, 5.41) is 3.69. The number of rotatable bonds is 4. The molecule has 2 fully saturated rings. The van der Waals surface area contributed by atoms with Gasteiger partial charge in [0.2, 0.25) is 0 Å². The van der Waals surface area contributed by atoms with Gasteiger partial charge in [0.25, 0.3) is 0 Å². The smallest absolute Gasteiger partial charge is 0.123 e. The highest BCUT2D eigenvalue weighted by molar-refractivity contribution is 5.22. The first-order valence-corrected chi connectivity index (χ1v) is 8.02. The van der Waals surface area contributed by atoms with E-state index < -0.39 is 0 Å². The van der Waals surface area contributed by atoms with Crippen LogP contribution in [-0.4, -0.2) is 12.6 Å². The summed E-state index contributed by atoms with van der Waals surface area (Å²) < 4.78 is 13.2. The van der Waals surface area contributed by atoms with Crippen molar-refractivity contribution < 1.29 is 4.39 Å². The summed E-state index contributed by atoms with van der Waals surface area (Å²) in [6, 6.07) is 7.99. The van der Waals surface area contributed by atoms with Crippen molar-refractivity contribution >= 4 is 0 Å². The Morgan fingerprint density at radius 2 is 1.85 bits per heavy atom. The number of hydrogen-bond donors (Lipinski definition) is 1. The van der Waals surface area contributed by atoms with Gasteiger partial charge in [-0.3, -0.25) is 0 Å². The first kappa shape index (κ1) is 14.1. The molecule has 2 heteroatoms. The van der Waals surface area contributed by atoms with Crippen LogP contribution in [0.5, 0.6) is 0 Å². The van der Waals surface area contributed by atoms with Gasteiger partial charge in [-0.15, -0.1) is 0 Å². The third-order valence-corrected chi connectivity index (χ3v) is 5.08. The number of nitrogens with one attached hydrogen (secondary N) is 1. The van der Waals surface area contributed by atoms with Crippen molar-refractivity contribution in [3.05, 3.63) is 35.6 Å². The molecule has 110 valence electrons. The van der Waals surface area contributed by atoms with Crippen LogP contribution >= 0.6 is 0 Å². The molecule has 1 aromatic carbocycles. The van der Waals surface area contributed by atoms with Crippen LogP contribution in [0.2, 0.25) is 0 Å². The van der Waals surface area contributed by atoms with Gasteiger partial charge in [-0.1, -0.05) is 26.0 Å². The van der Waals surface area contributed by atoms with Gasteiger partial charge in [0.1, 0.15) is 5.82 Å². The van der Waals surface area contributed by atoms with E-state index in [9.17, 15) is 4.39 Å². The zero-order valence-electron chi connectivity index (χ0n) is 12.7. The molecule has 0 aromatic heterocycles. The highest BCUT2D eigenvalue weighted by Gasteiger charge is 2.36. The van der Waals surface area contributed by atoms with Crippen LogP contribution in [0.1, 0.15) is 57.4 Å².